The Labute approximate surface area is 180 Å². The van der Waals surface area contributed by atoms with Crippen LogP contribution in [0.25, 0.3) is 11.3 Å². The van der Waals surface area contributed by atoms with Crippen LogP contribution in [0.3, 0.4) is 0 Å². The Morgan fingerprint density at radius 2 is 1.83 bits per heavy atom. The number of aromatic nitrogens is 1. The molecule has 0 radical (unpaired) electrons. The molecular formula is C23H26N2O4S. The maximum Gasteiger partial charge on any atom is 0.226 e. The average molecular weight is 427 g/mol. The van der Waals surface area contributed by atoms with Crippen molar-refractivity contribution in [3.63, 3.8) is 0 Å². The van der Waals surface area contributed by atoms with E-state index in [0.29, 0.717) is 36.1 Å². The van der Waals surface area contributed by atoms with Crippen molar-refractivity contribution in [1.82, 2.24) is 4.98 Å². The van der Waals surface area contributed by atoms with Gasteiger partial charge in [0.1, 0.15) is 5.75 Å². The molecule has 0 aliphatic heterocycles. The molecule has 1 amide bonds. The van der Waals surface area contributed by atoms with E-state index >= 15 is 0 Å². The fourth-order valence-corrected chi connectivity index (χ4v) is 3.65. The molecule has 1 aromatic heterocycles. The minimum absolute atomic E-state index is 0.0761. The summed E-state index contributed by atoms with van der Waals surface area (Å²) < 4.78 is 16.4. The van der Waals surface area contributed by atoms with Gasteiger partial charge < -0.3 is 19.5 Å². The third-order valence-corrected chi connectivity index (χ3v) is 5.34. The molecule has 7 heteroatoms. The number of nitrogens with one attached hydrogen (secondary N) is 1. The number of methoxy groups -OCH3 is 2. The van der Waals surface area contributed by atoms with Gasteiger partial charge in [0, 0.05) is 17.4 Å². The zero-order valence-corrected chi connectivity index (χ0v) is 18.5. The molecular weight excluding hydrogens is 400 g/mol. The number of anilines is 1. The summed E-state index contributed by atoms with van der Waals surface area (Å²) in [5, 5.41) is 5.33. The Bertz CT molecular complexity index is 1020. The maximum atomic E-state index is 12.2. The van der Waals surface area contributed by atoms with E-state index in [1.54, 1.807) is 14.2 Å². The number of nitrogens with zero attached hydrogens (tertiary/aromatic N) is 1. The summed E-state index contributed by atoms with van der Waals surface area (Å²) in [5.41, 5.74) is 3.92. The van der Waals surface area contributed by atoms with Crippen LogP contribution in [0.1, 0.15) is 24.0 Å². The van der Waals surface area contributed by atoms with Crippen molar-refractivity contribution in [3.05, 3.63) is 52.9 Å². The van der Waals surface area contributed by atoms with Gasteiger partial charge in [-0.2, -0.15) is 0 Å². The molecule has 0 bridgehead atoms. The van der Waals surface area contributed by atoms with Gasteiger partial charge in [-0.1, -0.05) is 12.1 Å². The fourth-order valence-electron chi connectivity index (χ4n) is 2.92. The minimum Gasteiger partial charge on any atom is -0.493 e. The zero-order valence-electron chi connectivity index (χ0n) is 17.7. The van der Waals surface area contributed by atoms with Crippen LogP contribution >= 0.6 is 11.3 Å². The van der Waals surface area contributed by atoms with Gasteiger partial charge >= 0.3 is 0 Å². The molecule has 158 valence electrons. The molecule has 30 heavy (non-hydrogen) atoms. The molecule has 1 heterocycles. The molecule has 1 N–H and O–H groups in total. The Morgan fingerprint density at radius 1 is 1.03 bits per heavy atom. The van der Waals surface area contributed by atoms with E-state index in [-0.39, 0.29) is 5.91 Å². The van der Waals surface area contributed by atoms with Crippen LogP contribution in [0.4, 0.5) is 5.13 Å². The van der Waals surface area contributed by atoms with E-state index in [4.69, 9.17) is 14.2 Å². The molecule has 0 aliphatic carbocycles. The zero-order chi connectivity index (χ0) is 21.5. The lowest BCUT2D eigenvalue weighted by molar-refractivity contribution is -0.116. The highest BCUT2D eigenvalue weighted by molar-refractivity contribution is 7.14. The second kappa shape index (κ2) is 10.1. The molecule has 3 rings (SSSR count). The second-order valence-electron chi connectivity index (χ2n) is 6.88. The molecule has 0 saturated heterocycles. The molecule has 0 atom stereocenters. The summed E-state index contributed by atoms with van der Waals surface area (Å²) in [4.78, 5) is 16.7. The lowest BCUT2D eigenvalue weighted by Gasteiger charge is -2.09. The first kappa shape index (κ1) is 21.6. The van der Waals surface area contributed by atoms with Crippen molar-refractivity contribution in [2.45, 2.75) is 26.7 Å². The lowest BCUT2D eigenvalue weighted by atomic mass is 10.1. The highest BCUT2D eigenvalue weighted by atomic mass is 32.1. The van der Waals surface area contributed by atoms with Crippen molar-refractivity contribution in [3.8, 4) is 28.5 Å². The highest BCUT2D eigenvalue weighted by Crippen LogP contribution is 2.33. The van der Waals surface area contributed by atoms with E-state index in [2.05, 4.69) is 16.4 Å². The average Bonchev–Trinajstić information content (AvgIpc) is 3.21. The van der Waals surface area contributed by atoms with E-state index in [1.807, 2.05) is 49.6 Å². The molecule has 0 saturated carbocycles. The summed E-state index contributed by atoms with van der Waals surface area (Å²) in [6.45, 7) is 4.54. The standard InChI is InChI=1S/C23H26N2O4S/c1-15-7-8-16(2)20(12-15)29-11-5-6-22(26)25-23-24-18(14-30-23)17-9-10-19(27-3)21(13-17)28-4/h7-10,12-14H,5-6,11H2,1-4H3,(H,24,25,26). The van der Waals surface area contributed by atoms with Crippen LogP contribution in [0.5, 0.6) is 17.2 Å². The van der Waals surface area contributed by atoms with Crippen molar-refractivity contribution in [1.29, 1.82) is 0 Å². The SMILES string of the molecule is COc1ccc(-c2csc(NC(=O)CCCOc3cc(C)ccc3C)n2)cc1OC. The highest BCUT2D eigenvalue weighted by Gasteiger charge is 2.11. The van der Waals surface area contributed by atoms with E-state index in [9.17, 15) is 4.79 Å². The first-order chi connectivity index (χ1) is 14.5. The summed E-state index contributed by atoms with van der Waals surface area (Å²) >= 11 is 1.39. The number of ether oxygens (including phenoxy) is 3. The van der Waals surface area contributed by atoms with Gasteiger partial charge in [-0.25, -0.2) is 4.98 Å². The van der Waals surface area contributed by atoms with Gasteiger partial charge in [-0.05, 0) is 55.7 Å². The van der Waals surface area contributed by atoms with Gasteiger partial charge in [0.25, 0.3) is 0 Å². The van der Waals surface area contributed by atoms with Crippen LogP contribution in [0.15, 0.2) is 41.8 Å². The van der Waals surface area contributed by atoms with Gasteiger partial charge in [0.15, 0.2) is 16.6 Å². The number of hydrogen-bond acceptors (Lipinski definition) is 6. The lowest BCUT2D eigenvalue weighted by Crippen LogP contribution is -2.12. The van der Waals surface area contributed by atoms with Crippen LogP contribution in [0.2, 0.25) is 0 Å². The van der Waals surface area contributed by atoms with Crippen LogP contribution in [0, 0.1) is 13.8 Å². The van der Waals surface area contributed by atoms with Crippen molar-refractivity contribution in [2.24, 2.45) is 0 Å². The smallest absolute Gasteiger partial charge is 0.226 e. The molecule has 6 nitrogen and oxygen atoms in total. The number of aryl methyl sites for hydroxylation is 2. The van der Waals surface area contributed by atoms with Gasteiger partial charge in [-0.15, -0.1) is 11.3 Å². The number of amides is 1. The summed E-state index contributed by atoms with van der Waals surface area (Å²) in [7, 11) is 3.19. The van der Waals surface area contributed by atoms with Crippen LogP contribution in [-0.2, 0) is 4.79 Å². The Morgan fingerprint density at radius 3 is 2.60 bits per heavy atom. The summed E-state index contributed by atoms with van der Waals surface area (Å²) in [6.07, 6.45) is 1.00. The van der Waals surface area contributed by atoms with E-state index < -0.39 is 0 Å². The van der Waals surface area contributed by atoms with Crippen LogP contribution in [-0.4, -0.2) is 31.7 Å². The molecule has 3 aromatic rings. The molecule has 0 unspecified atom stereocenters. The number of benzene rings is 2. The van der Waals surface area contributed by atoms with Crippen molar-refractivity contribution < 1.29 is 19.0 Å². The topological polar surface area (TPSA) is 69.7 Å². The molecule has 0 aliphatic rings. The Hall–Kier alpha value is -3.06. The van der Waals surface area contributed by atoms with Crippen molar-refractivity contribution >= 4 is 22.4 Å². The number of carbonyl (C=O) groups is 1. The fraction of sp³-hybridized carbons (Fsp3) is 0.304. The third kappa shape index (κ3) is 5.51. The Kier molecular flexibility index (Phi) is 7.30. The minimum atomic E-state index is -0.0761. The number of carbonyl (C=O) groups excluding carboxylic acids is 1. The molecule has 2 aromatic carbocycles. The first-order valence-electron chi connectivity index (χ1n) is 9.68. The van der Waals surface area contributed by atoms with E-state index in [1.165, 1.54) is 11.3 Å². The Balaban J connectivity index is 1.51. The quantitative estimate of drug-likeness (QED) is 0.474. The largest absolute Gasteiger partial charge is 0.493 e. The van der Waals surface area contributed by atoms with E-state index in [0.717, 1.165) is 28.1 Å². The van der Waals surface area contributed by atoms with Gasteiger partial charge in [0.05, 0.1) is 26.5 Å². The predicted molar refractivity (Wildman–Crippen MR) is 120 cm³/mol. The number of hydrogen-bond donors (Lipinski definition) is 1. The summed E-state index contributed by atoms with van der Waals surface area (Å²) in [6, 6.07) is 11.7. The second-order valence-corrected chi connectivity index (χ2v) is 7.73. The number of thiazole rings is 1. The van der Waals surface area contributed by atoms with Crippen LogP contribution < -0.4 is 19.5 Å². The maximum absolute atomic E-state index is 12.2. The van der Waals surface area contributed by atoms with Gasteiger partial charge in [-0.3, -0.25) is 4.79 Å². The predicted octanol–water partition coefficient (Wildman–Crippen LogP) is 5.24. The molecule has 0 fully saturated rings. The third-order valence-electron chi connectivity index (χ3n) is 4.58. The monoisotopic (exact) mass is 426 g/mol. The summed E-state index contributed by atoms with van der Waals surface area (Å²) in [5.74, 6) is 2.09. The number of rotatable bonds is 9. The molecule has 0 spiro atoms. The van der Waals surface area contributed by atoms with Gasteiger partial charge in [0.2, 0.25) is 5.91 Å². The normalized spacial score (nSPS) is 10.5. The first-order valence-corrected chi connectivity index (χ1v) is 10.6. The van der Waals surface area contributed by atoms with Crippen molar-refractivity contribution in [2.75, 3.05) is 26.1 Å².